The van der Waals surface area contributed by atoms with Crippen molar-refractivity contribution in [2.24, 2.45) is 12.8 Å². The Morgan fingerprint density at radius 3 is 3.06 bits per heavy atom. The van der Waals surface area contributed by atoms with Crippen LogP contribution in [0.5, 0.6) is 0 Å². The molecule has 0 radical (unpaired) electrons. The Kier molecular flexibility index (Phi) is 2.57. The normalized spacial score (nSPS) is 12.9. The molecule has 2 aromatic heterocycles. The van der Waals surface area contributed by atoms with Crippen LogP contribution in [-0.4, -0.2) is 25.6 Å². The third kappa shape index (κ3) is 1.87. The topological polar surface area (TPSA) is 94.0 Å². The van der Waals surface area contributed by atoms with E-state index in [0.29, 0.717) is 5.56 Å². The molecule has 0 aliphatic rings. The van der Waals surface area contributed by atoms with E-state index in [1.165, 1.54) is 0 Å². The summed E-state index contributed by atoms with van der Waals surface area (Å²) in [6, 6.07) is 1.23. The number of aliphatic carboxylic acids is 1. The van der Waals surface area contributed by atoms with Crippen molar-refractivity contribution < 1.29 is 9.90 Å². The number of hydrogen-bond donors (Lipinski definition) is 2. The van der Waals surface area contributed by atoms with Gasteiger partial charge >= 0.3 is 5.97 Å². The number of fused-ring (bicyclic) bond motifs is 1. The molecule has 84 valence electrons. The van der Waals surface area contributed by atoms with Crippen molar-refractivity contribution in [1.29, 1.82) is 0 Å². The minimum atomic E-state index is -0.923. The maximum atomic E-state index is 10.5. The number of carboxylic acids is 1. The van der Waals surface area contributed by atoms with Gasteiger partial charge in [0.1, 0.15) is 5.52 Å². The molecule has 3 N–H and O–H groups in total. The number of nitrogens with two attached hydrogens (primary N) is 1. The minimum Gasteiger partial charge on any atom is -0.481 e. The first kappa shape index (κ1) is 10.6. The highest BCUT2D eigenvalue weighted by atomic mass is 16.4. The minimum absolute atomic E-state index is 0.111. The van der Waals surface area contributed by atoms with Crippen LogP contribution in [0.3, 0.4) is 0 Å². The Morgan fingerprint density at radius 1 is 1.62 bits per heavy atom. The van der Waals surface area contributed by atoms with Crippen LogP contribution in [0.15, 0.2) is 18.6 Å². The number of carbonyl (C=O) groups is 1. The quantitative estimate of drug-likeness (QED) is 0.782. The second-order valence-electron chi connectivity index (χ2n) is 3.67. The molecule has 0 fully saturated rings. The highest BCUT2D eigenvalue weighted by Gasteiger charge is 2.12. The number of aryl methyl sites for hydroxylation is 1. The molecule has 2 rings (SSSR count). The first-order valence-corrected chi connectivity index (χ1v) is 4.82. The molecule has 0 saturated carbocycles. The van der Waals surface area contributed by atoms with Gasteiger partial charge in [0.2, 0.25) is 0 Å². The Bertz CT molecular complexity index is 535. The summed E-state index contributed by atoms with van der Waals surface area (Å²) in [7, 11) is 1.85. The lowest BCUT2D eigenvalue weighted by Crippen LogP contribution is -2.15. The second kappa shape index (κ2) is 3.90. The van der Waals surface area contributed by atoms with Crippen molar-refractivity contribution in [2.75, 3.05) is 0 Å². The van der Waals surface area contributed by atoms with Crippen molar-refractivity contribution in [2.45, 2.75) is 12.5 Å². The van der Waals surface area contributed by atoms with Crippen molar-refractivity contribution in [1.82, 2.24) is 14.5 Å². The van der Waals surface area contributed by atoms with Gasteiger partial charge in [-0.15, -0.1) is 0 Å². The monoisotopic (exact) mass is 220 g/mol. The van der Waals surface area contributed by atoms with Gasteiger partial charge in [-0.3, -0.25) is 4.79 Å². The van der Waals surface area contributed by atoms with Crippen LogP contribution in [0.2, 0.25) is 0 Å². The number of carboxylic acid groups (broad SMARTS) is 1. The summed E-state index contributed by atoms with van der Waals surface area (Å²) >= 11 is 0. The van der Waals surface area contributed by atoms with Gasteiger partial charge in [-0.2, -0.15) is 0 Å². The summed E-state index contributed by atoms with van der Waals surface area (Å²) in [6.45, 7) is 0. The highest BCUT2D eigenvalue weighted by molar-refractivity contribution is 5.72. The molecule has 16 heavy (non-hydrogen) atoms. The number of hydrogen-bond acceptors (Lipinski definition) is 4. The summed E-state index contributed by atoms with van der Waals surface area (Å²) in [5.74, 6) is -0.923. The molecule has 1 unspecified atom stereocenters. The van der Waals surface area contributed by atoms with E-state index in [0.717, 1.165) is 11.2 Å². The van der Waals surface area contributed by atoms with E-state index in [4.69, 9.17) is 10.8 Å². The molecule has 0 spiro atoms. The fourth-order valence-corrected chi connectivity index (χ4v) is 1.54. The first-order chi connectivity index (χ1) is 7.58. The van der Waals surface area contributed by atoms with Crippen LogP contribution < -0.4 is 5.73 Å². The van der Waals surface area contributed by atoms with Crippen molar-refractivity contribution in [3.05, 3.63) is 24.2 Å². The highest BCUT2D eigenvalue weighted by Crippen LogP contribution is 2.17. The molecule has 6 nitrogen and oxygen atoms in total. The number of nitrogens with zero attached hydrogens (tertiary/aromatic N) is 3. The van der Waals surface area contributed by atoms with Gasteiger partial charge < -0.3 is 15.4 Å². The molecule has 0 bridgehead atoms. The van der Waals surface area contributed by atoms with Gasteiger partial charge in [-0.05, 0) is 11.6 Å². The average molecular weight is 220 g/mol. The predicted octanol–water partition coefficient (Wildman–Crippen LogP) is 0.443. The maximum absolute atomic E-state index is 10.5. The zero-order valence-electron chi connectivity index (χ0n) is 8.79. The van der Waals surface area contributed by atoms with Gasteiger partial charge in [0, 0.05) is 19.3 Å². The Hall–Kier alpha value is -1.95. The number of imidazole rings is 1. The molecule has 0 aliphatic carbocycles. The average Bonchev–Trinajstić information content (AvgIpc) is 2.59. The van der Waals surface area contributed by atoms with Gasteiger partial charge in [0.05, 0.1) is 12.7 Å². The van der Waals surface area contributed by atoms with E-state index >= 15 is 0 Å². The molecule has 2 aromatic rings. The number of pyridine rings is 1. The van der Waals surface area contributed by atoms with E-state index < -0.39 is 12.0 Å². The molecular weight excluding hydrogens is 208 g/mol. The molecule has 0 aromatic carbocycles. The zero-order valence-corrected chi connectivity index (χ0v) is 8.79. The SMILES string of the molecule is Cn1cnc2cc(C(N)CC(=O)O)cnc21. The summed E-state index contributed by atoms with van der Waals surface area (Å²) in [5.41, 5.74) is 7.91. The fourth-order valence-electron chi connectivity index (χ4n) is 1.54. The van der Waals surface area contributed by atoms with Crippen molar-refractivity contribution in [3.63, 3.8) is 0 Å². The third-order valence-corrected chi connectivity index (χ3v) is 2.40. The maximum Gasteiger partial charge on any atom is 0.305 e. The zero-order chi connectivity index (χ0) is 11.7. The number of rotatable bonds is 3. The molecule has 0 aliphatic heterocycles. The standard InChI is InChI=1S/C10H12N4O2/c1-14-5-13-8-2-6(4-12-10(8)14)7(11)3-9(15)16/h2,4-5,7H,3,11H2,1H3,(H,15,16). The summed E-state index contributed by atoms with van der Waals surface area (Å²) < 4.78 is 1.79. The Labute approximate surface area is 91.7 Å². The third-order valence-electron chi connectivity index (χ3n) is 2.40. The van der Waals surface area contributed by atoms with E-state index in [-0.39, 0.29) is 6.42 Å². The molecule has 0 amide bonds. The van der Waals surface area contributed by atoms with Crippen LogP contribution in [-0.2, 0) is 11.8 Å². The van der Waals surface area contributed by atoms with Gasteiger partial charge in [0.25, 0.3) is 0 Å². The molecule has 2 heterocycles. The van der Waals surface area contributed by atoms with E-state index in [2.05, 4.69) is 9.97 Å². The molecule has 6 heteroatoms. The van der Waals surface area contributed by atoms with Crippen LogP contribution in [0, 0.1) is 0 Å². The fraction of sp³-hybridized carbons (Fsp3) is 0.300. The Morgan fingerprint density at radius 2 is 2.38 bits per heavy atom. The first-order valence-electron chi connectivity index (χ1n) is 4.82. The van der Waals surface area contributed by atoms with Gasteiger partial charge in [-0.25, -0.2) is 9.97 Å². The molecular formula is C10H12N4O2. The smallest absolute Gasteiger partial charge is 0.305 e. The lowest BCUT2D eigenvalue weighted by atomic mass is 10.1. The van der Waals surface area contributed by atoms with Gasteiger partial charge in [0.15, 0.2) is 5.65 Å². The van der Waals surface area contributed by atoms with E-state index in [1.54, 1.807) is 23.2 Å². The van der Waals surface area contributed by atoms with Crippen LogP contribution in [0.4, 0.5) is 0 Å². The van der Waals surface area contributed by atoms with Gasteiger partial charge in [-0.1, -0.05) is 0 Å². The lowest BCUT2D eigenvalue weighted by molar-refractivity contribution is -0.137. The Balaban J connectivity index is 2.35. The van der Waals surface area contributed by atoms with E-state index in [1.807, 2.05) is 7.05 Å². The lowest BCUT2D eigenvalue weighted by Gasteiger charge is -2.08. The molecule has 0 saturated heterocycles. The second-order valence-corrected chi connectivity index (χ2v) is 3.67. The summed E-state index contributed by atoms with van der Waals surface area (Å²) in [6.07, 6.45) is 3.14. The summed E-state index contributed by atoms with van der Waals surface area (Å²) in [4.78, 5) is 18.9. The summed E-state index contributed by atoms with van der Waals surface area (Å²) in [5, 5.41) is 8.64. The van der Waals surface area contributed by atoms with Crippen molar-refractivity contribution >= 4 is 17.1 Å². The van der Waals surface area contributed by atoms with E-state index in [9.17, 15) is 4.79 Å². The van der Waals surface area contributed by atoms with Crippen LogP contribution in [0.1, 0.15) is 18.0 Å². The largest absolute Gasteiger partial charge is 0.481 e. The number of aromatic nitrogens is 3. The molecule has 1 atom stereocenters. The van der Waals surface area contributed by atoms with Crippen molar-refractivity contribution in [3.8, 4) is 0 Å². The van der Waals surface area contributed by atoms with Crippen LogP contribution >= 0.6 is 0 Å². The van der Waals surface area contributed by atoms with Crippen LogP contribution in [0.25, 0.3) is 11.2 Å². The predicted molar refractivity (Wildman–Crippen MR) is 57.7 cm³/mol.